The first kappa shape index (κ1) is 20.1. The molecule has 2 aromatic heterocycles. The first-order valence-corrected chi connectivity index (χ1v) is 11.1. The van der Waals surface area contributed by atoms with Crippen molar-refractivity contribution in [3.05, 3.63) is 53.1 Å². The number of aryl methyl sites for hydroxylation is 1. The molecule has 0 radical (unpaired) electrons. The Morgan fingerprint density at radius 1 is 1.15 bits per heavy atom. The largest absolute Gasteiger partial charge is 0.380 e. The standard InChI is InChI=1S/C23H24FN7O2/c1-29-10-17-18-9-20(22(25)27-26-18)30-6-7-33-12-21(30)16-8-13(24)2-5-15(16)23(32)31(14-3-4-14)11-19(17)28-29/h2,5,8-10,14,21H,3-4,6-7,11-12H2,1H3,(H2,25,27)/t21-/m1/s1. The number of halogens is 1. The molecule has 2 bridgehead atoms. The molecule has 3 aromatic rings. The summed E-state index contributed by atoms with van der Waals surface area (Å²) >= 11 is 0. The maximum atomic E-state index is 14.5. The Hall–Kier alpha value is -3.53. The van der Waals surface area contributed by atoms with Crippen molar-refractivity contribution < 1.29 is 13.9 Å². The number of aromatic nitrogens is 4. The number of carbonyl (C=O) groups excluding carboxylic acids is 1. The van der Waals surface area contributed by atoms with Crippen molar-refractivity contribution in [3.8, 4) is 11.3 Å². The number of anilines is 2. The van der Waals surface area contributed by atoms with Crippen LogP contribution in [0.15, 0.2) is 30.5 Å². The minimum Gasteiger partial charge on any atom is -0.380 e. The van der Waals surface area contributed by atoms with E-state index in [-0.39, 0.29) is 23.8 Å². The third kappa shape index (κ3) is 3.41. The van der Waals surface area contributed by atoms with Crippen LogP contribution >= 0.6 is 0 Å². The number of fused-ring (bicyclic) bond motifs is 8. The zero-order valence-corrected chi connectivity index (χ0v) is 18.2. The van der Waals surface area contributed by atoms with Gasteiger partial charge < -0.3 is 20.3 Å². The van der Waals surface area contributed by atoms with Gasteiger partial charge in [0.1, 0.15) is 5.82 Å². The van der Waals surface area contributed by atoms with Gasteiger partial charge in [-0.15, -0.1) is 10.2 Å². The summed E-state index contributed by atoms with van der Waals surface area (Å²) in [6, 6.07) is 6.02. The number of nitrogen functional groups attached to an aromatic ring is 1. The van der Waals surface area contributed by atoms with Crippen molar-refractivity contribution in [2.45, 2.75) is 31.5 Å². The van der Waals surface area contributed by atoms with E-state index in [1.807, 2.05) is 29.1 Å². The number of benzene rings is 1. The third-order valence-corrected chi connectivity index (χ3v) is 6.59. The van der Waals surface area contributed by atoms with E-state index in [1.165, 1.54) is 12.1 Å². The van der Waals surface area contributed by atoms with Crippen molar-refractivity contribution in [2.24, 2.45) is 7.05 Å². The quantitative estimate of drug-likeness (QED) is 0.608. The van der Waals surface area contributed by atoms with E-state index in [1.54, 1.807) is 10.7 Å². The average molecular weight is 449 g/mol. The highest BCUT2D eigenvalue weighted by Crippen LogP contribution is 2.39. The normalized spacial score (nSPS) is 20.4. The van der Waals surface area contributed by atoms with E-state index in [4.69, 9.17) is 10.5 Å². The Bertz CT molecular complexity index is 1260. The topological polar surface area (TPSA) is 102 Å². The number of ether oxygens (including phenoxy) is 1. The zero-order chi connectivity index (χ0) is 22.7. The van der Waals surface area contributed by atoms with Crippen molar-refractivity contribution >= 4 is 17.4 Å². The van der Waals surface area contributed by atoms with Crippen LogP contribution in [0.2, 0.25) is 0 Å². The molecule has 1 saturated heterocycles. The molecule has 1 amide bonds. The molecule has 2 fully saturated rings. The summed E-state index contributed by atoms with van der Waals surface area (Å²) in [4.78, 5) is 17.8. The summed E-state index contributed by atoms with van der Waals surface area (Å²) in [6.07, 6.45) is 3.77. The fourth-order valence-corrected chi connectivity index (χ4v) is 4.84. The van der Waals surface area contributed by atoms with Crippen LogP contribution in [0.1, 0.15) is 40.5 Å². The number of amides is 1. The van der Waals surface area contributed by atoms with Crippen molar-refractivity contribution in [1.29, 1.82) is 0 Å². The minimum absolute atomic E-state index is 0.127. The van der Waals surface area contributed by atoms with Crippen molar-refractivity contribution in [1.82, 2.24) is 24.9 Å². The first-order valence-electron chi connectivity index (χ1n) is 11.1. The van der Waals surface area contributed by atoms with E-state index < -0.39 is 5.82 Å². The molecule has 33 heavy (non-hydrogen) atoms. The van der Waals surface area contributed by atoms with Crippen LogP contribution in [0, 0.1) is 5.82 Å². The van der Waals surface area contributed by atoms with Crippen molar-refractivity contribution in [2.75, 3.05) is 30.4 Å². The Kier molecular flexibility index (Phi) is 4.58. The summed E-state index contributed by atoms with van der Waals surface area (Å²) in [7, 11) is 1.84. The van der Waals surface area contributed by atoms with Gasteiger partial charge in [-0.2, -0.15) is 5.10 Å². The van der Waals surface area contributed by atoms with Gasteiger partial charge in [-0.25, -0.2) is 4.39 Å². The fourth-order valence-electron chi connectivity index (χ4n) is 4.84. The lowest BCUT2D eigenvalue weighted by Gasteiger charge is -2.39. The number of hydrogen-bond acceptors (Lipinski definition) is 7. The third-order valence-electron chi connectivity index (χ3n) is 6.59. The van der Waals surface area contributed by atoms with Crippen LogP contribution in [0.4, 0.5) is 15.9 Å². The van der Waals surface area contributed by atoms with Gasteiger partial charge in [0.15, 0.2) is 5.82 Å². The van der Waals surface area contributed by atoms with Gasteiger partial charge in [-0.05, 0) is 42.7 Å². The summed E-state index contributed by atoms with van der Waals surface area (Å²) in [5.41, 5.74) is 10.2. The molecule has 9 nitrogen and oxygen atoms in total. The van der Waals surface area contributed by atoms with Gasteiger partial charge in [0.2, 0.25) is 0 Å². The van der Waals surface area contributed by atoms with Crippen LogP contribution in [-0.4, -0.2) is 56.6 Å². The second-order valence-corrected chi connectivity index (χ2v) is 8.84. The van der Waals surface area contributed by atoms with Crippen LogP contribution < -0.4 is 10.6 Å². The fraction of sp³-hybridized carbons (Fsp3) is 0.391. The Morgan fingerprint density at radius 2 is 2.00 bits per heavy atom. The Balaban J connectivity index is 1.61. The Morgan fingerprint density at radius 3 is 2.82 bits per heavy atom. The summed E-state index contributed by atoms with van der Waals surface area (Å²) < 4.78 is 22.0. The molecule has 10 heteroatoms. The monoisotopic (exact) mass is 449 g/mol. The number of nitrogens with two attached hydrogens (primary N) is 1. The molecule has 170 valence electrons. The lowest BCUT2D eigenvalue weighted by Crippen LogP contribution is -2.42. The lowest BCUT2D eigenvalue weighted by atomic mass is 9.96. The predicted octanol–water partition coefficient (Wildman–Crippen LogP) is 2.29. The first-order chi connectivity index (χ1) is 16.0. The molecule has 3 aliphatic rings. The summed E-state index contributed by atoms with van der Waals surface area (Å²) in [6.45, 7) is 1.65. The van der Waals surface area contributed by atoms with Gasteiger partial charge in [0, 0.05) is 37.0 Å². The van der Waals surface area contributed by atoms with Crippen molar-refractivity contribution in [3.63, 3.8) is 0 Å². The number of rotatable bonds is 1. The van der Waals surface area contributed by atoms with Crippen LogP contribution in [0.5, 0.6) is 0 Å². The summed E-state index contributed by atoms with van der Waals surface area (Å²) in [5, 5.41) is 13.2. The molecule has 1 saturated carbocycles. The number of nitrogens with zero attached hydrogens (tertiary/aromatic N) is 6. The molecule has 2 N–H and O–H groups in total. The maximum Gasteiger partial charge on any atom is 0.254 e. The van der Waals surface area contributed by atoms with Gasteiger partial charge in [0.25, 0.3) is 5.91 Å². The highest BCUT2D eigenvalue weighted by molar-refractivity contribution is 5.96. The Labute approximate surface area is 189 Å². The second-order valence-electron chi connectivity index (χ2n) is 8.84. The SMILES string of the molecule is Cn1cc2c(n1)CN(C1CC1)C(=O)c1ccc(F)cc1[C@H]1COCCN1c1cc-2nnc1N. The summed E-state index contributed by atoms with van der Waals surface area (Å²) in [5.74, 6) is -0.249. The average Bonchev–Trinajstić information content (AvgIpc) is 3.59. The molecule has 1 aromatic carbocycles. The minimum atomic E-state index is -0.398. The van der Waals surface area contributed by atoms with Gasteiger partial charge >= 0.3 is 0 Å². The van der Waals surface area contributed by atoms with E-state index in [0.29, 0.717) is 48.8 Å². The highest BCUT2D eigenvalue weighted by Gasteiger charge is 2.38. The van der Waals surface area contributed by atoms with Crippen LogP contribution in [0.25, 0.3) is 11.3 Å². The smallest absolute Gasteiger partial charge is 0.254 e. The van der Waals surface area contributed by atoms with E-state index in [2.05, 4.69) is 15.3 Å². The lowest BCUT2D eigenvalue weighted by molar-refractivity contribution is 0.0718. The number of morpholine rings is 1. The van der Waals surface area contributed by atoms with E-state index >= 15 is 0 Å². The molecule has 2 aliphatic heterocycles. The molecular formula is C23H24FN7O2. The molecule has 6 rings (SSSR count). The number of carbonyl (C=O) groups is 1. The molecule has 1 atom stereocenters. The molecule has 0 spiro atoms. The van der Waals surface area contributed by atoms with Crippen LogP contribution in [0.3, 0.4) is 0 Å². The highest BCUT2D eigenvalue weighted by atomic mass is 19.1. The molecule has 4 heterocycles. The van der Waals surface area contributed by atoms with Crippen LogP contribution in [-0.2, 0) is 18.3 Å². The molecule has 1 aliphatic carbocycles. The van der Waals surface area contributed by atoms with E-state index in [0.717, 1.165) is 24.1 Å². The van der Waals surface area contributed by atoms with Gasteiger partial charge in [-0.3, -0.25) is 9.48 Å². The zero-order valence-electron chi connectivity index (χ0n) is 18.2. The maximum absolute atomic E-state index is 14.5. The predicted molar refractivity (Wildman–Crippen MR) is 119 cm³/mol. The van der Waals surface area contributed by atoms with Gasteiger partial charge in [0.05, 0.1) is 42.9 Å². The molecule has 0 unspecified atom stereocenters. The van der Waals surface area contributed by atoms with E-state index in [9.17, 15) is 9.18 Å². The van der Waals surface area contributed by atoms with Gasteiger partial charge in [-0.1, -0.05) is 0 Å². The number of hydrogen-bond donors (Lipinski definition) is 1. The second kappa shape index (κ2) is 7.51. The molecular weight excluding hydrogens is 425 g/mol.